The van der Waals surface area contributed by atoms with Gasteiger partial charge in [0.15, 0.2) is 0 Å². The number of hydrogen-bond donors (Lipinski definition) is 3. The predicted octanol–water partition coefficient (Wildman–Crippen LogP) is 0.937. The maximum Gasteiger partial charge on any atom is 0.244 e. The van der Waals surface area contributed by atoms with E-state index < -0.39 is 22.6 Å². The second kappa shape index (κ2) is 11.1. The van der Waals surface area contributed by atoms with Crippen LogP contribution in [0.2, 0.25) is 0 Å². The third-order valence-corrected chi connectivity index (χ3v) is 9.98. The van der Waals surface area contributed by atoms with Crippen LogP contribution < -0.4 is 10.6 Å². The summed E-state index contributed by atoms with van der Waals surface area (Å²) in [6.07, 6.45) is 2.77. The molecule has 5 atom stereocenters. The maximum atomic E-state index is 13.8. The number of likely N-dealkylation sites (tertiary alicyclic amines) is 1. The first kappa shape index (κ1) is 25.5. The monoisotopic (exact) mass is 516 g/mol. The van der Waals surface area contributed by atoms with E-state index in [2.05, 4.69) is 15.5 Å². The van der Waals surface area contributed by atoms with Crippen LogP contribution in [0.1, 0.15) is 25.7 Å². The Kier molecular flexibility index (Phi) is 7.85. The molecule has 0 aromatic heterocycles. The smallest absolute Gasteiger partial charge is 0.244 e. The molecular weight excluding hydrogens is 480 g/mol. The Morgan fingerprint density at radius 3 is 2.64 bits per heavy atom. The van der Waals surface area contributed by atoms with E-state index in [9.17, 15) is 19.5 Å². The highest BCUT2D eigenvalue weighted by Crippen LogP contribution is 2.66. The number of morpholine rings is 1. The summed E-state index contributed by atoms with van der Waals surface area (Å²) in [5, 5.41) is 15.4. The first-order valence-corrected chi connectivity index (χ1v) is 14.0. The summed E-state index contributed by atoms with van der Waals surface area (Å²) >= 11 is 1.68. The minimum atomic E-state index is -0.595. The molecule has 4 aliphatic heterocycles. The summed E-state index contributed by atoms with van der Waals surface area (Å²) in [6.45, 7) is 4.84. The Bertz CT molecular complexity index is 959. The fourth-order valence-electron chi connectivity index (χ4n) is 6.39. The van der Waals surface area contributed by atoms with Crippen LogP contribution in [0.4, 0.5) is 5.69 Å². The van der Waals surface area contributed by atoms with Crippen molar-refractivity contribution in [3.8, 4) is 0 Å². The highest BCUT2D eigenvalue weighted by molar-refractivity contribution is 8.02. The summed E-state index contributed by atoms with van der Waals surface area (Å²) in [5.74, 6) is -1.32. The zero-order chi connectivity index (χ0) is 25.1. The predicted molar refractivity (Wildman–Crippen MR) is 137 cm³/mol. The lowest BCUT2D eigenvalue weighted by atomic mass is 9.70. The van der Waals surface area contributed by atoms with Crippen molar-refractivity contribution in [1.29, 1.82) is 0 Å². The van der Waals surface area contributed by atoms with Gasteiger partial charge in [-0.25, -0.2) is 0 Å². The molecule has 1 aromatic rings. The fourth-order valence-corrected chi connectivity index (χ4v) is 8.61. The minimum Gasteiger partial charge on any atom is -0.396 e. The lowest BCUT2D eigenvalue weighted by molar-refractivity contribution is -0.139. The second-order valence-electron chi connectivity index (χ2n) is 10.1. The fraction of sp³-hybridized carbons (Fsp3) is 0.654. The molecule has 4 heterocycles. The molecule has 4 saturated heterocycles. The topological polar surface area (TPSA) is 111 Å². The van der Waals surface area contributed by atoms with Gasteiger partial charge in [0.25, 0.3) is 0 Å². The van der Waals surface area contributed by atoms with Crippen LogP contribution in [0.15, 0.2) is 30.3 Å². The van der Waals surface area contributed by atoms with Gasteiger partial charge in [0, 0.05) is 50.3 Å². The number of benzene rings is 1. The lowest BCUT2D eigenvalue weighted by Crippen LogP contribution is -2.54. The van der Waals surface area contributed by atoms with Crippen LogP contribution in [0.25, 0.3) is 0 Å². The quantitative estimate of drug-likeness (QED) is 0.397. The van der Waals surface area contributed by atoms with Gasteiger partial charge in [-0.2, -0.15) is 0 Å². The van der Waals surface area contributed by atoms with Gasteiger partial charge in [-0.15, -0.1) is 11.8 Å². The molecule has 2 unspecified atom stereocenters. The van der Waals surface area contributed by atoms with E-state index >= 15 is 0 Å². The Hall–Kier alpha value is -2.14. The molecule has 10 heteroatoms. The number of rotatable bonds is 10. The van der Waals surface area contributed by atoms with Gasteiger partial charge >= 0.3 is 0 Å². The van der Waals surface area contributed by atoms with Crippen molar-refractivity contribution in [2.75, 3.05) is 57.9 Å². The molecule has 196 valence electrons. The normalized spacial score (nSPS) is 31.5. The Balaban J connectivity index is 1.33. The van der Waals surface area contributed by atoms with Crippen molar-refractivity contribution in [1.82, 2.24) is 15.1 Å². The summed E-state index contributed by atoms with van der Waals surface area (Å²) in [7, 11) is 0. The number of unbranched alkanes of at least 4 members (excludes halogenated alkanes) is 1. The van der Waals surface area contributed by atoms with E-state index in [0.29, 0.717) is 44.8 Å². The van der Waals surface area contributed by atoms with E-state index in [-0.39, 0.29) is 29.6 Å². The minimum absolute atomic E-state index is 0.0332. The molecule has 0 saturated carbocycles. The summed E-state index contributed by atoms with van der Waals surface area (Å²) in [4.78, 5) is 44.9. The van der Waals surface area contributed by atoms with Crippen molar-refractivity contribution in [2.45, 2.75) is 41.7 Å². The average molecular weight is 517 g/mol. The Morgan fingerprint density at radius 1 is 1.11 bits per heavy atom. The van der Waals surface area contributed by atoms with Crippen LogP contribution in [0.5, 0.6) is 0 Å². The van der Waals surface area contributed by atoms with Crippen molar-refractivity contribution in [2.24, 2.45) is 11.8 Å². The molecule has 4 aliphatic rings. The van der Waals surface area contributed by atoms with E-state index in [1.807, 2.05) is 30.3 Å². The van der Waals surface area contributed by atoms with Crippen molar-refractivity contribution in [3.05, 3.63) is 30.3 Å². The summed E-state index contributed by atoms with van der Waals surface area (Å²) < 4.78 is 4.82. The largest absolute Gasteiger partial charge is 0.396 e. The van der Waals surface area contributed by atoms with Gasteiger partial charge in [-0.05, 0) is 37.8 Å². The van der Waals surface area contributed by atoms with E-state index in [0.717, 1.165) is 32.5 Å². The van der Waals surface area contributed by atoms with Crippen molar-refractivity contribution < 1.29 is 24.2 Å². The van der Waals surface area contributed by atoms with Crippen LogP contribution in [-0.4, -0.2) is 101 Å². The van der Waals surface area contributed by atoms with Crippen LogP contribution in [-0.2, 0) is 19.1 Å². The molecule has 5 rings (SSSR count). The van der Waals surface area contributed by atoms with Gasteiger partial charge < -0.3 is 25.4 Å². The van der Waals surface area contributed by atoms with Gasteiger partial charge in [0.05, 0.1) is 29.8 Å². The van der Waals surface area contributed by atoms with E-state index in [4.69, 9.17) is 4.74 Å². The maximum absolute atomic E-state index is 13.8. The zero-order valence-electron chi connectivity index (χ0n) is 20.6. The molecule has 3 amide bonds. The second-order valence-corrected chi connectivity index (χ2v) is 11.7. The third kappa shape index (κ3) is 4.76. The van der Waals surface area contributed by atoms with Crippen molar-refractivity contribution in [3.63, 3.8) is 0 Å². The molecule has 9 nitrogen and oxygen atoms in total. The molecule has 3 N–H and O–H groups in total. The number of anilines is 1. The number of nitrogens with zero attached hydrogens (tertiary/aromatic N) is 2. The SMILES string of the molecule is O=C(NCCN1CCOCC1)C1N(CCCCO)C(=O)[C@@H]2[C@@H](C(=O)Nc3ccccc3)[C@H]3CCC12S3. The van der Waals surface area contributed by atoms with Crippen LogP contribution in [0.3, 0.4) is 0 Å². The molecule has 4 fully saturated rings. The van der Waals surface area contributed by atoms with Gasteiger partial charge in [0.2, 0.25) is 17.7 Å². The number of hydrogen-bond acceptors (Lipinski definition) is 7. The number of fused-ring (bicyclic) bond motifs is 1. The first-order valence-electron chi connectivity index (χ1n) is 13.1. The molecule has 1 spiro atoms. The van der Waals surface area contributed by atoms with Gasteiger partial charge in [-0.1, -0.05) is 18.2 Å². The number of ether oxygens (including phenoxy) is 1. The molecule has 0 aliphatic carbocycles. The van der Waals surface area contributed by atoms with E-state index in [1.165, 1.54) is 0 Å². The molecule has 36 heavy (non-hydrogen) atoms. The van der Waals surface area contributed by atoms with Crippen molar-refractivity contribution >= 4 is 35.2 Å². The number of carbonyl (C=O) groups excluding carboxylic acids is 3. The Morgan fingerprint density at radius 2 is 1.89 bits per heavy atom. The zero-order valence-corrected chi connectivity index (χ0v) is 21.4. The summed E-state index contributed by atoms with van der Waals surface area (Å²) in [6, 6.07) is 8.72. The number of para-hydroxylation sites is 1. The third-order valence-electron chi connectivity index (χ3n) is 8.03. The number of aliphatic hydroxyl groups excluding tert-OH is 1. The molecule has 2 bridgehead atoms. The first-order chi connectivity index (χ1) is 17.5. The Labute approximate surface area is 216 Å². The number of nitrogens with one attached hydrogen (secondary N) is 2. The lowest BCUT2D eigenvalue weighted by Gasteiger charge is -2.34. The van der Waals surface area contributed by atoms with E-state index in [1.54, 1.807) is 16.7 Å². The van der Waals surface area contributed by atoms with Crippen LogP contribution in [0, 0.1) is 11.8 Å². The molecule has 1 aromatic carbocycles. The number of amides is 3. The van der Waals surface area contributed by atoms with Gasteiger partial charge in [0.1, 0.15) is 6.04 Å². The number of carbonyl (C=O) groups is 3. The molecular formula is C26H36N4O5S. The summed E-state index contributed by atoms with van der Waals surface area (Å²) in [5.41, 5.74) is 0.715. The highest BCUT2D eigenvalue weighted by Gasteiger charge is 2.73. The average Bonchev–Trinajstić information content (AvgIpc) is 3.53. The number of aliphatic hydroxyl groups is 1. The molecule has 0 radical (unpaired) electrons. The standard InChI is InChI=1S/C26H36N4O5S/c31-15-5-4-11-30-22(24(33)27-10-12-29-13-16-35-17-14-29)26-9-8-19(36-26)20(21(26)25(30)34)23(32)28-18-6-2-1-3-7-18/h1-3,6-7,19-22,31H,4-5,8-17H2,(H,27,33)(H,28,32)/t19-,20+,21+,22?,26?/m1/s1. The van der Waals surface area contributed by atoms with Gasteiger partial charge in [-0.3, -0.25) is 19.3 Å². The number of thioether (sulfide) groups is 1. The highest BCUT2D eigenvalue weighted by atomic mass is 32.2. The van der Waals surface area contributed by atoms with Crippen LogP contribution >= 0.6 is 11.8 Å².